The highest BCUT2D eigenvalue weighted by atomic mass is 31.2. The van der Waals surface area contributed by atoms with Crippen LogP contribution in [0.3, 0.4) is 0 Å². The zero-order chi connectivity index (χ0) is 21.9. The van der Waals surface area contributed by atoms with Crippen LogP contribution in [-0.2, 0) is 23.1 Å². The van der Waals surface area contributed by atoms with Crippen LogP contribution in [0.4, 0.5) is 0 Å². The smallest absolute Gasteiger partial charge is 0.472 e. The molecule has 1 aliphatic heterocycles. The van der Waals surface area contributed by atoms with E-state index in [4.69, 9.17) is 25.8 Å². The van der Waals surface area contributed by atoms with Gasteiger partial charge in [0.1, 0.15) is 23.8 Å². The molecule has 2 rings (SSSR count). The Labute approximate surface area is 165 Å². The van der Waals surface area contributed by atoms with Gasteiger partial charge in [0.05, 0.1) is 12.7 Å². The summed E-state index contributed by atoms with van der Waals surface area (Å²) in [7, 11) is -4.74. The number of aliphatic hydroxyl groups excluding tert-OH is 2. The number of phosphoric ester groups is 1. The molecule has 13 nitrogen and oxygen atoms in total. The molecule has 0 saturated carbocycles. The van der Waals surface area contributed by atoms with E-state index in [0.717, 1.165) is 0 Å². The largest absolute Gasteiger partial charge is 0.480 e. The number of nitrogens with two attached hydrogens (primary N) is 2. The molecular weight excluding hydrogens is 413 g/mol. The molecule has 1 fully saturated rings. The molecule has 0 spiro atoms. The number of ether oxygens (including phenoxy) is 1. The molecule has 1 saturated heterocycles. The number of nitrogens with zero attached hydrogens (tertiary/aromatic N) is 1. The summed E-state index contributed by atoms with van der Waals surface area (Å²) in [5, 5.41) is 29.1. The van der Waals surface area contributed by atoms with Crippen molar-refractivity contribution in [3.63, 3.8) is 0 Å². The monoisotopic (exact) mass is 436 g/mol. The Morgan fingerprint density at radius 3 is 2.62 bits per heavy atom. The number of amides is 1. The van der Waals surface area contributed by atoms with Gasteiger partial charge in [0, 0.05) is 6.07 Å². The number of hydrogen-bond donors (Lipinski definition) is 6. The number of rotatable bonds is 9. The Morgan fingerprint density at radius 2 is 2.03 bits per heavy atom. The number of aliphatic carboxylic acids is 1. The van der Waals surface area contributed by atoms with E-state index in [1.165, 1.54) is 36.0 Å². The van der Waals surface area contributed by atoms with E-state index in [-0.39, 0.29) is 5.56 Å². The lowest BCUT2D eigenvalue weighted by atomic mass is 10.1. The van der Waals surface area contributed by atoms with Crippen LogP contribution in [0.25, 0.3) is 0 Å². The van der Waals surface area contributed by atoms with Crippen LogP contribution >= 0.6 is 7.82 Å². The number of aromatic nitrogens is 1. The van der Waals surface area contributed by atoms with Crippen molar-refractivity contribution in [1.82, 2.24) is 0 Å². The molecule has 1 aromatic rings. The molecule has 8 N–H and O–H groups in total. The molecule has 7 atom stereocenters. The normalized spacial score (nSPS) is 28.4. The summed E-state index contributed by atoms with van der Waals surface area (Å²) >= 11 is 0. The molecule has 1 aliphatic rings. The molecule has 0 aliphatic carbocycles. The predicted octanol–water partition coefficient (Wildman–Crippen LogP) is -2.37. The van der Waals surface area contributed by atoms with Crippen LogP contribution < -0.4 is 16.0 Å². The molecule has 1 aromatic heterocycles. The van der Waals surface area contributed by atoms with Crippen LogP contribution in [0.15, 0.2) is 24.5 Å². The zero-order valence-electron chi connectivity index (χ0n) is 15.3. The van der Waals surface area contributed by atoms with Gasteiger partial charge in [-0.2, -0.15) is 4.57 Å². The Hall–Kier alpha value is -1.96. The number of phosphoric acid groups is 1. The summed E-state index contributed by atoms with van der Waals surface area (Å²) in [6, 6.07) is 1.36. The minimum absolute atomic E-state index is 0.134. The molecule has 0 aromatic carbocycles. The fraction of sp³-hybridized carbons (Fsp3) is 0.533. The summed E-state index contributed by atoms with van der Waals surface area (Å²) in [6.07, 6.45) is -3.88. The zero-order valence-corrected chi connectivity index (χ0v) is 16.2. The molecule has 1 unspecified atom stereocenters. The number of carbonyl (C=O) groups is 2. The number of carboxylic acid groups (broad SMARTS) is 1. The summed E-state index contributed by atoms with van der Waals surface area (Å²) in [5.41, 5.74) is 10.6. The predicted molar refractivity (Wildman–Crippen MR) is 93.0 cm³/mol. The van der Waals surface area contributed by atoms with Crippen molar-refractivity contribution in [2.24, 2.45) is 11.5 Å². The maximum Gasteiger partial charge on any atom is 0.472 e. The number of carboxylic acids is 1. The lowest BCUT2D eigenvalue weighted by Gasteiger charge is -2.21. The minimum atomic E-state index is -4.74. The number of aliphatic hydroxyl groups is 2. The second-order valence-corrected chi connectivity index (χ2v) is 7.80. The summed E-state index contributed by atoms with van der Waals surface area (Å²) in [5.74, 6) is -2.15. The standard InChI is InChI=1S/C15H22N3O10P/c1-7(10(16)15(22)23)28-29(24,25)26-6-9-11(19)12(20)14(27-9)18-4-2-3-8(5-18)13(17)21/h2-5,7,9-12,14,19-20H,6,16H2,1H3,(H3-,17,21,22,23,24,25)/p+1/t7-,9-,10+,11-,12-,14-/m1/s1. The number of carbonyl (C=O) groups excluding carboxylic acids is 1. The second kappa shape index (κ2) is 9.24. The second-order valence-electron chi connectivity index (χ2n) is 6.39. The van der Waals surface area contributed by atoms with Crippen molar-refractivity contribution in [3.8, 4) is 0 Å². The van der Waals surface area contributed by atoms with Crippen LogP contribution in [0.5, 0.6) is 0 Å². The van der Waals surface area contributed by atoms with Gasteiger partial charge in [0.25, 0.3) is 12.1 Å². The van der Waals surface area contributed by atoms with E-state index in [0.29, 0.717) is 0 Å². The van der Waals surface area contributed by atoms with Gasteiger partial charge in [0.2, 0.25) is 0 Å². The first-order valence-corrected chi connectivity index (χ1v) is 9.89. The third-order valence-corrected chi connectivity index (χ3v) is 5.30. The van der Waals surface area contributed by atoms with Gasteiger partial charge in [-0.3, -0.25) is 18.6 Å². The first-order valence-electron chi connectivity index (χ1n) is 8.39. The van der Waals surface area contributed by atoms with Gasteiger partial charge >= 0.3 is 13.8 Å². The third kappa shape index (κ3) is 5.78. The van der Waals surface area contributed by atoms with E-state index >= 15 is 0 Å². The van der Waals surface area contributed by atoms with Crippen molar-refractivity contribution >= 4 is 19.7 Å². The average molecular weight is 436 g/mol. The van der Waals surface area contributed by atoms with Crippen molar-refractivity contribution in [3.05, 3.63) is 30.1 Å². The quantitative estimate of drug-likeness (QED) is 0.177. The Bertz CT molecular complexity index is 808. The fourth-order valence-corrected chi connectivity index (χ4v) is 3.53. The van der Waals surface area contributed by atoms with Crippen molar-refractivity contribution in [2.45, 2.75) is 43.6 Å². The molecule has 162 valence electrons. The van der Waals surface area contributed by atoms with Crippen molar-refractivity contribution in [2.75, 3.05) is 6.61 Å². The van der Waals surface area contributed by atoms with Gasteiger partial charge in [-0.15, -0.1) is 0 Å². The lowest BCUT2D eigenvalue weighted by molar-refractivity contribution is -0.765. The molecule has 29 heavy (non-hydrogen) atoms. The van der Waals surface area contributed by atoms with Gasteiger partial charge in [0.15, 0.2) is 18.5 Å². The van der Waals surface area contributed by atoms with Crippen molar-refractivity contribution < 1.29 is 52.7 Å². The highest BCUT2D eigenvalue weighted by Crippen LogP contribution is 2.45. The summed E-state index contributed by atoms with van der Waals surface area (Å²) in [6.45, 7) is 0.516. The van der Waals surface area contributed by atoms with Crippen molar-refractivity contribution in [1.29, 1.82) is 0 Å². The van der Waals surface area contributed by atoms with Gasteiger partial charge < -0.3 is 36.4 Å². The Morgan fingerprint density at radius 1 is 1.38 bits per heavy atom. The van der Waals surface area contributed by atoms with E-state index < -0.39 is 63.0 Å². The highest BCUT2D eigenvalue weighted by molar-refractivity contribution is 7.47. The molecule has 0 bridgehead atoms. The van der Waals surface area contributed by atoms with Gasteiger partial charge in [-0.1, -0.05) is 0 Å². The van der Waals surface area contributed by atoms with Crippen LogP contribution in [0.2, 0.25) is 0 Å². The molecular formula is C15H23N3O10P+. The maximum atomic E-state index is 12.0. The minimum Gasteiger partial charge on any atom is -0.480 e. The van der Waals surface area contributed by atoms with Crippen LogP contribution in [0, 0.1) is 0 Å². The van der Waals surface area contributed by atoms with Crippen LogP contribution in [-0.4, -0.2) is 69.2 Å². The topological polar surface area (TPSA) is 216 Å². The number of pyridine rings is 1. The van der Waals surface area contributed by atoms with E-state index in [1.807, 2.05) is 0 Å². The molecule has 14 heteroatoms. The average Bonchev–Trinajstić information content (AvgIpc) is 2.93. The summed E-state index contributed by atoms with van der Waals surface area (Å²) in [4.78, 5) is 31.8. The number of hydrogen-bond acceptors (Lipinski definition) is 9. The van der Waals surface area contributed by atoms with Crippen LogP contribution in [0.1, 0.15) is 23.5 Å². The fourth-order valence-electron chi connectivity index (χ4n) is 2.58. The first-order chi connectivity index (χ1) is 13.4. The van der Waals surface area contributed by atoms with Gasteiger partial charge in [-0.25, -0.2) is 4.57 Å². The SMILES string of the molecule is C[C@@H](OP(=O)(O)OC[C@H]1O[C@@H]([n+]2cccc(C(N)=O)c2)[C@H](O)[C@@H]1O)[C@H](N)C(=O)O. The Balaban J connectivity index is 2.02. The highest BCUT2D eigenvalue weighted by Gasteiger charge is 2.49. The van der Waals surface area contributed by atoms with E-state index in [2.05, 4.69) is 4.52 Å². The lowest BCUT2D eigenvalue weighted by Crippen LogP contribution is -2.46. The molecule has 1 amide bonds. The third-order valence-electron chi connectivity index (χ3n) is 4.23. The van der Waals surface area contributed by atoms with Gasteiger partial charge in [-0.05, 0) is 13.0 Å². The first kappa shape index (κ1) is 23.3. The molecule has 0 radical (unpaired) electrons. The number of primary amides is 1. The maximum absolute atomic E-state index is 12.0. The summed E-state index contributed by atoms with van der Waals surface area (Å²) < 4.78 is 28.2. The van der Waals surface area contributed by atoms with E-state index in [9.17, 15) is 29.3 Å². The molecule has 2 heterocycles. The Kier molecular flexibility index (Phi) is 7.43. The van der Waals surface area contributed by atoms with E-state index in [1.54, 1.807) is 0 Å².